The number of nitrogens with zero attached hydrogens (tertiary/aromatic N) is 3. The van der Waals surface area contributed by atoms with Crippen LogP contribution < -0.4 is 5.32 Å². The zero-order chi connectivity index (χ0) is 20.9. The molecule has 1 atom stereocenters. The van der Waals surface area contributed by atoms with E-state index in [-0.39, 0.29) is 24.4 Å². The standard InChI is InChI=1S/C24H28N4O2/c1-27-20-14-9-8-13-19(20)25-24(27)23(18-11-5-4-6-12-18)26-21(29)17-28-16-10-3-2-7-15-22(28)30/h4-6,8-9,11-14,23H,2-3,7,10,15-17H2,1H3,(H,26,29). The molecular weight excluding hydrogens is 376 g/mol. The van der Waals surface area contributed by atoms with Crippen molar-refractivity contribution >= 4 is 22.8 Å². The molecule has 1 unspecified atom stereocenters. The highest BCUT2D eigenvalue weighted by molar-refractivity contribution is 5.85. The number of aryl methyl sites for hydroxylation is 1. The lowest BCUT2D eigenvalue weighted by Gasteiger charge is -2.26. The van der Waals surface area contributed by atoms with Gasteiger partial charge in [-0.1, -0.05) is 55.3 Å². The van der Waals surface area contributed by atoms with Gasteiger partial charge in [0, 0.05) is 20.0 Å². The van der Waals surface area contributed by atoms with Gasteiger partial charge >= 0.3 is 0 Å². The van der Waals surface area contributed by atoms with Crippen LogP contribution in [0.5, 0.6) is 0 Å². The van der Waals surface area contributed by atoms with E-state index in [2.05, 4.69) is 5.32 Å². The monoisotopic (exact) mass is 404 g/mol. The fourth-order valence-corrected chi connectivity index (χ4v) is 4.13. The van der Waals surface area contributed by atoms with Crippen molar-refractivity contribution in [2.75, 3.05) is 13.1 Å². The van der Waals surface area contributed by atoms with E-state index in [1.54, 1.807) is 4.90 Å². The van der Waals surface area contributed by atoms with Gasteiger partial charge in [0.15, 0.2) is 0 Å². The van der Waals surface area contributed by atoms with Gasteiger partial charge in [0.05, 0.1) is 17.6 Å². The lowest BCUT2D eigenvalue weighted by atomic mass is 10.1. The molecule has 3 aromatic rings. The molecule has 2 amide bonds. The minimum absolute atomic E-state index is 0.0730. The highest BCUT2D eigenvalue weighted by Crippen LogP contribution is 2.25. The van der Waals surface area contributed by atoms with E-state index >= 15 is 0 Å². The lowest BCUT2D eigenvalue weighted by molar-refractivity contribution is -0.136. The first-order chi connectivity index (χ1) is 14.6. The Hall–Kier alpha value is -3.15. The molecule has 1 N–H and O–H groups in total. The molecule has 30 heavy (non-hydrogen) atoms. The highest BCUT2D eigenvalue weighted by atomic mass is 16.2. The van der Waals surface area contributed by atoms with Crippen LogP contribution in [0.3, 0.4) is 0 Å². The quantitative estimate of drug-likeness (QED) is 0.707. The van der Waals surface area contributed by atoms with E-state index in [4.69, 9.17) is 4.98 Å². The van der Waals surface area contributed by atoms with Gasteiger partial charge in [-0.25, -0.2) is 4.98 Å². The summed E-state index contributed by atoms with van der Waals surface area (Å²) in [4.78, 5) is 31.9. The zero-order valence-electron chi connectivity index (χ0n) is 17.4. The summed E-state index contributed by atoms with van der Waals surface area (Å²) >= 11 is 0. The van der Waals surface area contributed by atoms with Gasteiger partial charge in [-0.3, -0.25) is 9.59 Å². The summed E-state index contributed by atoms with van der Waals surface area (Å²) in [5, 5.41) is 3.14. The molecule has 4 rings (SSSR count). The van der Waals surface area contributed by atoms with Gasteiger partial charge in [0.25, 0.3) is 0 Å². The van der Waals surface area contributed by atoms with Gasteiger partial charge in [-0.15, -0.1) is 0 Å². The Bertz CT molecular complexity index is 1030. The minimum atomic E-state index is -0.388. The van der Waals surface area contributed by atoms with Crippen molar-refractivity contribution in [2.45, 2.75) is 38.1 Å². The SMILES string of the molecule is Cn1c(C(NC(=O)CN2CCCCCCC2=O)c2ccccc2)nc2ccccc21. The number of hydrogen-bond donors (Lipinski definition) is 1. The number of hydrogen-bond acceptors (Lipinski definition) is 3. The van der Waals surface area contributed by atoms with Crippen molar-refractivity contribution < 1.29 is 9.59 Å². The summed E-state index contributed by atoms with van der Waals surface area (Å²) in [6, 6.07) is 17.4. The molecule has 1 aliphatic rings. The number of carbonyl (C=O) groups excluding carboxylic acids is 2. The molecule has 1 aliphatic heterocycles. The fraction of sp³-hybridized carbons (Fsp3) is 0.375. The summed E-state index contributed by atoms with van der Waals surface area (Å²) in [7, 11) is 1.97. The van der Waals surface area contributed by atoms with Crippen LogP contribution in [0.15, 0.2) is 54.6 Å². The topological polar surface area (TPSA) is 67.2 Å². The third-order valence-electron chi connectivity index (χ3n) is 5.77. The summed E-state index contributed by atoms with van der Waals surface area (Å²) in [5.74, 6) is 0.684. The van der Waals surface area contributed by atoms with Crippen molar-refractivity contribution in [3.05, 3.63) is 66.0 Å². The predicted molar refractivity (Wildman–Crippen MR) is 117 cm³/mol. The van der Waals surface area contributed by atoms with Crippen molar-refractivity contribution in [1.82, 2.24) is 19.8 Å². The Balaban J connectivity index is 1.59. The van der Waals surface area contributed by atoms with E-state index in [1.165, 1.54) is 0 Å². The Morgan fingerprint density at radius 3 is 2.57 bits per heavy atom. The van der Waals surface area contributed by atoms with E-state index in [0.717, 1.165) is 48.1 Å². The number of benzene rings is 2. The first-order valence-corrected chi connectivity index (χ1v) is 10.7. The van der Waals surface area contributed by atoms with Crippen molar-refractivity contribution in [1.29, 1.82) is 0 Å². The maximum absolute atomic E-state index is 13.0. The first kappa shape index (κ1) is 20.1. The summed E-state index contributed by atoms with van der Waals surface area (Å²) < 4.78 is 2.02. The second kappa shape index (κ2) is 9.11. The summed E-state index contributed by atoms with van der Waals surface area (Å²) in [5.41, 5.74) is 2.87. The molecule has 0 aliphatic carbocycles. The number of para-hydroxylation sites is 2. The lowest BCUT2D eigenvalue weighted by Crippen LogP contribution is -2.43. The van der Waals surface area contributed by atoms with Crippen LogP contribution in [0, 0.1) is 0 Å². The number of likely N-dealkylation sites (tertiary alicyclic amines) is 1. The molecule has 156 valence electrons. The minimum Gasteiger partial charge on any atom is -0.341 e. The van der Waals surface area contributed by atoms with Crippen molar-refractivity contribution in [2.24, 2.45) is 7.05 Å². The van der Waals surface area contributed by atoms with Gasteiger partial charge in [-0.2, -0.15) is 0 Å². The molecule has 1 saturated heterocycles. The van der Waals surface area contributed by atoms with Crippen LogP contribution in [-0.2, 0) is 16.6 Å². The van der Waals surface area contributed by atoms with Gasteiger partial charge in [-0.05, 0) is 30.5 Å². The third kappa shape index (κ3) is 4.37. The number of carbonyl (C=O) groups is 2. The molecule has 0 bridgehead atoms. The zero-order valence-corrected chi connectivity index (χ0v) is 17.4. The molecule has 2 heterocycles. The second-order valence-electron chi connectivity index (χ2n) is 7.91. The number of amides is 2. The Morgan fingerprint density at radius 2 is 1.77 bits per heavy atom. The average molecular weight is 405 g/mol. The average Bonchev–Trinajstić information content (AvgIpc) is 3.09. The molecule has 6 heteroatoms. The number of fused-ring (bicyclic) bond motifs is 1. The van der Waals surface area contributed by atoms with Crippen LogP contribution >= 0.6 is 0 Å². The second-order valence-corrected chi connectivity index (χ2v) is 7.91. The largest absolute Gasteiger partial charge is 0.341 e. The van der Waals surface area contributed by atoms with E-state index in [0.29, 0.717) is 13.0 Å². The van der Waals surface area contributed by atoms with Gasteiger partial charge < -0.3 is 14.8 Å². The molecule has 6 nitrogen and oxygen atoms in total. The number of nitrogens with one attached hydrogen (secondary N) is 1. The Kier molecular flexibility index (Phi) is 6.12. The highest BCUT2D eigenvalue weighted by Gasteiger charge is 2.25. The Labute approximate surface area is 176 Å². The van der Waals surface area contributed by atoms with Crippen LogP contribution in [0.2, 0.25) is 0 Å². The van der Waals surface area contributed by atoms with Crippen molar-refractivity contribution in [3.63, 3.8) is 0 Å². The molecule has 0 radical (unpaired) electrons. The number of rotatable bonds is 5. The van der Waals surface area contributed by atoms with Crippen molar-refractivity contribution in [3.8, 4) is 0 Å². The molecular formula is C24H28N4O2. The molecule has 1 fully saturated rings. The van der Waals surface area contributed by atoms with Crippen LogP contribution in [0.25, 0.3) is 11.0 Å². The van der Waals surface area contributed by atoms with Crippen LogP contribution in [-0.4, -0.2) is 39.4 Å². The molecule has 0 saturated carbocycles. The fourth-order valence-electron chi connectivity index (χ4n) is 4.13. The van der Waals surface area contributed by atoms with Crippen LogP contribution in [0.4, 0.5) is 0 Å². The maximum atomic E-state index is 13.0. The Morgan fingerprint density at radius 1 is 1.03 bits per heavy atom. The first-order valence-electron chi connectivity index (χ1n) is 10.7. The number of imidazole rings is 1. The van der Waals surface area contributed by atoms with Gasteiger partial charge in [0.1, 0.15) is 11.9 Å². The summed E-state index contributed by atoms with van der Waals surface area (Å²) in [6.07, 6.45) is 4.59. The molecule has 1 aromatic heterocycles. The normalized spacial score (nSPS) is 16.2. The van der Waals surface area contributed by atoms with E-state index < -0.39 is 0 Å². The molecule has 2 aromatic carbocycles. The molecule has 0 spiro atoms. The number of aromatic nitrogens is 2. The maximum Gasteiger partial charge on any atom is 0.240 e. The smallest absolute Gasteiger partial charge is 0.240 e. The van der Waals surface area contributed by atoms with E-state index in [9.17, 15) is 9.59 Å². The van der Waals surface area contributed by atoms with Gasteiger partial charge in [0.2, 0.25) is 11.8 Å². The van der Waals surface area contributed by atoms with E-state index in [1.807, 2.05) is 66.2 Å². The third-order valence-corrected chi connectivity index (χ3v) is 5.77. The van der Waals surface area contributed by atoms with Crippen LogP contribution in [0.1, 0.15) is 49.5 Å². The predicted octanol–water partition coefficient (Wildman–Crippen LogP) is 3.57. The summed E-state index contributed by atoms with van der Waals surface area (Å²) in [6.45, 7) is 0.737.